The van der Waals surface area contributed by atoms with Crippen LogP contribution in [0.4, 0.5) is 4.79 Å². The van der Waals surface area contributed by atoms with E-state index < -0.39 is 12.0 Å². The zero-order chi connectivity index (χ0) is 17.9. The number of hydrogen-bond acceptors (Lipinski definition) is 4. The molecule has 0 fully saturated rings. The Labute approximate surface area is 142 Å². The van der Waals surface area contributed by atoms with Crippen LogP contribution in [-0.2, 0) is 14.3 Å². The van der Waals surface area contributed by atoms with E-state index in [2.05, 4.69) is 10.6 Å². The number of aryl methyl sites for hydroxylation is 3. The molecule has 0 aromatic heterocycles. The van der Waals surface area contributed by atoms with Crippen LogP contribution in [0.2, 0.25) is 0 Å². The third-order valence-corrected chi connectivity index (χ3v) is 4.04. The van der Waals surface area contributed by atoms with Crippen molar-refractivity contribution in [2.75, 3.05) is 20.3 Å². The Bertz CT molecular complexity index is 671. The van der Waals surface area contributed by atoms with Gasteiger partial charge in [-0.15, -0.1) is 0 Å². The highest BCUT2D eigenvalue weighted by Crippen LogP contribution is 2.32. The quantitative estimate of drug-likeness (QED) is 0.641. The summed E-state index contributed by atoms with van der Waals surface area (Å²) < 4.78 is 10.2. The Kier molecular flexibility index (Phi) is 5.62. The lowest BCUT2D eigenvalue weighted by Crippen LogP contribution is -2.45. The van der Waals surface area contributed by atoms with Crippen LogP contribution in [0.15, 0.2) is 23.4 Å². The van der Waals surface area contributed by atoms with Gasteiger partial charge in [-0.25, -0.2) is 9.59 Å². The van der Waals surface area contributed by atoms with E-state index in [1.54, 1.807) is 14.0 Å². The molecule has 1 heterocycles. The largest absolute Gasteiger partial charge is 0.460 e. The predicted octanol–water partition coefficient (Wildman–Crippen LogP) is 2.43. The molecule has 24 heavy (non-hydrogen) atoms. The summed E-state index contributed by atoms with van der Waals surface area (Å²) in [6.45, 7) is 8.17. The normalized spacial score (nSPS) is 17.4. The van der Waals surface area contributed by atoms with Crippen LogP contribution in [0.25, 0.3) is 0 Å². The standard InChI is InChI=1S/C18H24N2O4/c1-10-8-11(2)14(12(3)9-10)16-15(13(4)19-18(22)20-16)17(21)24-7-6-23-5/h8-9,16H,6-7H2,1-5H3,(H2,19,20,22)/t16-/m1/s1. The highest BCUT2D eigenvalue weighted by molar-refractivity contribution is 5.95. The molecule has 6 heteroatoms. The Balaban J connectivity index is 2.44. The third-order valence-electron chi connectivity index (χ3n) is 4.04. The summed E-state index contributed by atoms with van der Waals surface area (Å²) in [5, 5.41) is 5.49. The van der Waals surface area contributed by atoms with E-state index in [0.717, 1.165) is 22.3 Å². The molecule has 1 aliphatic heterocycles. The number of esters is 1. The number of ether oxygens (including phenoxy) is 2. The molecule has 2 rings (SSSR count). The molecule has 0 saturated carbocycles. The van der Waals surface area contributed by atoms with Crippen LogP contribution in [0, 0.1) is 20.8 Å². The van der Waals surface area contributed by atoms with Gasteiger partial charge in [0.25, 0.3) is 0 Å². The maximum Gasteiger partial charge on any atom is 0.338 e. The Morgan fingerprint density at radius 3 is 2.33 bits per heavy atom. The Morgan fingerprint density at radius 2 is 1.75 bits per heavy atom. The zero-order valence-corrected chi connectivity index (χ0v) is 14.8. The van der Waals surface area contributed by atoms with E-state index in [0.29, 0.717) is 17.9 Å². The Morgan fingerprint density at radius 1 is 1.12 bits per heavy atom. The summed E-state index contributed by atoms with van der Waals surface area (Å²) in [5.41, 5.74) is 5.03. The van der Waals surface area contributed by atoms with Crippen LogP contribution in [0.1, 0.15) is 35.2 Å². The molecule has 1 aliphatic rings. The van der Waals surface area contributed by atoms with E-state index in [1.165, 1.54) is 0 Å². The maximum atomic E-state index is 12.5. The number of carbonyl (C=O) groups is 2. The fraction of sp³-hybridized carbons (Fsp3) is 0.444. The van der Waals surface area contributed by atoms with Crippen molar-refractivity contribution in [3.05, 3.63) is 45.7 Å². The first kappa shape index (κ1) is 18.0. The van der Waals surface area contributed by atoms with Gasteiger partial charge in [-0.1, -0.05) is 17.7 Å². The second-order valence-corrected chi connectivity index (χ2v) is 6.01. The molecule has 0 radical (unpaired) electrons. The van der Waals surface area contributed by atoms with E-state index in [-0.39, 0.29) is 12.6 Å². The molecule has 1 aromatic rings. The molecule has 130 valence electrons. The summed E-state index contributed by atoms with van der Waals surface area (Å²) in [4.78, 5) is 24.5. The minimum atomic E-state index is -0.533. The fourth-order valence-electron chi connectivity index (χ4n) is 3.12. The maximum absolute atomic E-state index is 12.5. The lowest BCUT2D eigenvalue weighted by atomic mass is 9.88. The molecule has 0 saturated heterocycles. The minimum absolute atomic E-state index is 0.165. The number of benzene rings is 1. The third kappa shape index (κ3) is 3.76. The van der Waals surface area contributed by atoms with Gasteiger partial charge in [0.15, 0.2) is 0 Å². The van der Waals surface area contributed by atoms with Crippen LogP contribution in [-0.4, -0.2) is 32.3 Å². The van der Waals surface area contributed by atoms with Crippen LogP contribution in [0.5, 0.6) is 0 Å². The van der Waals surface area contributed by atoms with Gasteiger partial charge in [0.1, 0.15) is 6.61 Å². The first-order valence-electron chi connectivity index (χ1n) is 7.87. The number of nitrogens with one attached hydrogen (secondary N) is 2. The summed E-state index contributed by atoms with van der Waals surface area (Å²) in [6.07, 6.45) is 0. The first-order valence-corrected chi connectivity index (χ1v) is 7.87. The minimum Gasteiger partial charge on any atom is -0.460 e. The van der Waals surface area contributed by atoms with Crippen molar-refractivity contribution in [2.24, 2.45) is 0 Å². The molecule has 0 spiro atoms. The molecule has 0 unspecified atom stereocenters. The number of amides is 2. The van der Waals surface area contributed by atoms with Crippen LogP contribution in [0.3, 0.4) is 0 Å². The molecule has 2 N–H and O–H groups in total. The van der Waals surface area contributed by atoms with Crippen molar-refractivity contribution in [2.45, 2.75) is 33.7 Å². The van der Waals surface area contributed by atoms with E-state index in [1.807, 2.05) is 32.9 Å². The molecule has 1 atom stereocenters. The second-order valence-electron chi connectivity index (χ2n) is 6.01. The van der Waals surface area contributed by atoms with Crippen molar-refractivity contribution in [3.63, 3.8) is 0 Å². The van der Waals surface area contributed by atoms with Crippen molar-refractivity contribution >= 4 is 12.0 Å². The first-order chi connectivity index (χ1) is 11.3. The van der Waals surface area contributed by atoms with Crippen LogP contribution < -0.4 is 10.6 Å². The van der Waals surface area contributed by atoms with Crippen molar-refractivity contribution in [1.29, 1.82) is 0 Å². The molecule has 6 nitrogen and oxygen atoms in total. The van der Waals surface area contributed by atoms with Crippen molar-refractivity contribution in [3.8, 4) is 0 Å². The zero-order valence-electron chi connectivity index (χ0n) is 14.8. The van der Waals surface area contributed by atoms with Gasteiger partial charge < -0.3 is 20.1 Å². The summed E-state index contributed by atoms with van der Waals surface area (Å²) >= 11 is 0. The topological polar surface area (TPSA) is 76.7 Å². The summed E-state index contributed by atoms with van der Waals surface area (Å²) in [5.74, 6) is -0.457. The number of methoxy groups -OCH3 is 1. The van der Waals surface area contributed by atoms with Crippen molar-refractivity contribution < 1.29 is 19.1 Å². The second kappa shape index (κ2) is 7.49. The van der Waals surface area contributed by atoms with Crippen molar-refractivity contribution in [1.82, 2.24) is 10.6 Å². The van der Waals surface area contributed by atoms with E-state index in [9.17, 15) is 9.59 Å². The van der Waals surface area contributed by atoms with Gasteiger partial charge in [0.05, 0.1) is 18.2 Å². The highest BCUT2D eigenvalue weighted by atomic mass is 16.6. The molecule has 2 amide bonds. The summed E-state index contributed by atoms with van der Waals surface area (Å²) in [7, 11) is 1.54. The molecule has 1 aromatic carbocycles. The lowest BCUT2D eigenvalue weighted by Gasteiger charge is -2.30. The monoisotopic (exact) mass is 332 g/mol. The SMILES string of the molecule is COCCOC(=O)C1=C(C)NC(=O)N[C@@H]1c1c(C)cc(C)cc1C. The number of allylic oxidation sites excluding steroid dienone is 1. The number of hydrogen-bond donors (Lipinski definition) is 2. The average molecular weight is 332 g/mol. The Hall–Kier alpha value is -2.34. The van der Waals surface area contributed by atoms with Gasteiger partial charge in [0, 0.05) is 12.8 Å². The average Bonchev–Trinajstić information content (AvgIpc) is 2.45. The van der Waals surface area contributed by atoms with Crippen LogP contribution >= 0.6 is 0 Å². The van der Waals surface area contributed by atoms with E-state index >= 15 is 0 Å². The highest BCUT2D eigenvalue weighted by Gasteiger charge is 2.33. The molecule has 0 bridgehead atoms. The molecular formula is C18H24N2O4. The number of rotatable bonds is 5. The van der Waals surface area contributed by atoms with Gasteiger partial charge in [0.2, 0.25) is 0 Å². The smallest absolute Gasteiger partial charge is 0.338 e. The van der Waals surface area contributed by atoms with E-state index in [4.69, 9.17) is 9.47 Å². The predicted molar refractivity (Wildman–Crippen MR) is 90.6 cm³/mol. The van der Waals surface area contributed by atoms with Gasteiger partial charge in [-0.05, 0) is 44.4 Å². The van der Waals surface area contributed by atoms with Gasteiger partial charge in [-0.3, -0.25) is 0 Å². The summed E-state index contributed by atoms with van der Waals surface area (Å²) in [6, 6.07) is 3.22. The lowest BCUT2D eigenvalue weighted by molar-refractivity contribution is -0.140. The molecular weight excluding hydrogens is 308 g/mol. The van der Waals surface area contributed by atoms with Gasteiger partial charge in [-0.2, -0.15) is 0 Å². The number of urea groups is 1. The fourth-order valence-corrected chi connectivity index (χ4v) is 3.12. The van der Waals surface area contributed by atoms with Gasteiger partial charge >= 0.3 is 12.0 Å². The molecule has 0 aliphatic carbocycles. The number of carbonyl (C=O) groups excluding carboxylic acids is 2.